The van der Waals surface area contributed by atoms with Gasteiger partial charge in [-0.05, 0) is 109 Å². The standard InChI is InChI=1S/C51H58F2N8O6/c1-28-20-37(29(2)44(54-28)58(23-31-10-14-35(63-7)15-11-31)24-32-12-16-36(64-8)17-13-32)41-40(53)42-39-45(57-47(56-42)65-27-50-18-9-19-59(50)25-33(52)22-50)60-26-34-21-38-43(61(34)48(62)67-49(4,5)6)51(38,60)30(3)66-46(39)55-41/h10-17,20,30,33-34,38,43H,9,18-19,21-27H2,1-8H3/t30-,33+,34+,38?,43-,50-,51-/m0/s1. The molecule has 352 valence electrons. The van der Waals surface area contributed by atoms with Crippen LogP contribution in [0, 0.1) is 25.6 Å². The van der Waals surface area contributed by atoms with E-state index in [1.165, 1.54) is 0 Å². The van der Waals surface area contributed by atoms with E-state index in [-0.39, 0.29) is 53.8 Å². The monoisotopic (exact) mass is 916 g/mol. The van der Waals surface area contributed by atoms with E-state index in [0.717, 1.165) is 48.4 Å². The lowest BCUT2D eigenvalue weighted by atomic mass is 9.92. The molecule has 5 aromatic rings. The van der Waals surface area contributed by atoms with Crippen molar-refractivity contribution < 1.29 is 37.3 Å². The van der Waals surface area contributed by atoms with Crippen LogP contribution in [0.25, 0.3) is 22.2 Å². The van der Waals surface area contributed by atoms with Gasteiger partial charge in [0.2, 0.25) is 5.88 Å². The fourth-order valence-corrected chi connectivity index (χ4v) is 12.2. The fourth-order valence-electron chi connectivity index (χ4n) is 12.2. The summed E-state index contributed by atoms with van der Waals surface area (Å²) in [5, 5.41) is 0.350. The summed E-state index contributed by atoms with van der Waals surface area (Å²) in [5.74, 6) is 2.25. The van der Waals surface area contributed by atoms with Crippen molar-refractivity contribution in [3.8, 4) is 34.6 Å². The van der Waals surface area contributed by atoms with E-state index in [0.29, 0.717) is 66.4 Å². The molecule has 4 bridgehead atoms. The number of aromatic nitrogens is 4. The molecular formula is C51H58F2N8O6. The predicted octanol–water partition coefficient (Wildman–Crippen LogP) is 8.37. The summed E-state index contributed by atoms with van der Waals surface area (Å²) in [6, 6.07) is 17.3. The Labute approximate surface area is 389 Å². The molecule has 9 heterocycles. The Bertz CT molecular complexity index is 2720. The van der Waals surface area contributed by atoms with Crippen molar-refractivity contribution in [2.75, 3.05) is 50.3 Å². The SMILES string of the molecule is COc1ccc(CN(Cc2ccc(OC)cc2)c2nc(C)cc(-c3nc4c5c(nc(OC[C@@]67CCCN6C[C@H](F)C7)nc5c3F)N3C[C@H]5CC6[C@H](N5C(=O)OC(C)(C)C)[C@]63[C@H](C)O4)c2C)cc1. The molecule has 1 unspecified atom stereocenters. The Morgan fingerprint density at radius 1 is 0.955 bits per heavy atom. The summed E-state index contributed by atoms with van der Waals surface area (Å²) in [5.41, 5.74) is 2.22. The molecule has 7 aliphatic rings. The number of ether oxygens (including phenoxy) is 5. The summed E-state index contributed by atoms with van der Waals surface area (Å²) in [7, 11) is 3.29. The highest BCUT2D eigenvalue weighted by Gasteiger charge is 2.82. The van der Waals surface area contributed by atoms with Crippen molar-refractivity contribution in [2.24, 2.45) is 5.92 Å². The number of hydrogen-bond acceptors (Lipinski definition) is 13. The topological polar surface area (TPSA) is 128 Å². The Morgan fingerprint density at radius 3 is 2.30 bits per heavy atom. The van der Waals surface area contributed by atoms with Crippen molar-refractivity contribution in [1.29, 1.82) is 0 Å². The van der Waals surface area contributed by atoms with Gasteiger partial charge in [0.1, 0.15) is 69.8 Å². The van der Waals surface area contributed by atoms with Gasteiger partial charge in [-0.2, -0.15) is 9.97 Å². The van der Waals surface area contributed by atoms with Gasteiger partial charge in [0, 0.05) is 55.3 Å². The average Bonchev–Trinajstić information content (AvgIpc) is 3.47. The number of carbonyl (C=O) groups excluding carboxylic acids is 1. The highest BCUT2D eigenvalue weighted by molar-refractivity contribution is 5.98. The second kappa shape index (κ2) is 15.8. The zero-order valence-electron chi connectivity index (χ0n) is 39.4. The third kappa shape index (κ3) is 7.06. The van der Waals surface area contributed by atoms with Crippen LogP contribution in [0.15, 0.2) is 54.6 Å². The van der Waals surface area contributed by atoms with Gasteiger partial charge in [-0.1, -0.05) is 24.3 Å². The number of pyridine rings is 2. The number of piperidine rings is 2. The number of rotatable bonds is 11. The Balaban J connectivity index is 1.03. The second-order valence-corrected chi connectivity index (χ2v) is 20.4. The van der Waals surface area contributed by atoms with Crippen molar-refractivity contribution in [2.45, 2.75) is 121 Å². The lowest BCUT2D eigenvalue weighted by Gasteiger charge is -2.48. The van der Waals surface area contributed by atoms with Crippen molar-refractivity contribution in [3.05, 3.63) is 82.8 Å². The third-order valence-electron chi connectivity index (χ3n) is 15.2. The zero-order chi connectivity index (χ0) is 46.7. The first-order valence-electron chi connectivity index (χ1n) is 23.5. The maximum Gasteiger partial charge on any atom is 0.410 e. The summed E-state index contributed by atoms with van der Waals surface area (Å²) in [6.45, 7) is 14.2. The molecule has 3 aromatic heterocycles. The molecule has 5 saturated heterocycles. The van der Waals surface area contributed by atoms with Crippen LogP contribution >= 0.6 is 0 Å². The van der Waals surface area contributed by atoms with E-state index < -0.39 is 34.8 Å². The maximum atomic E-state index is 18.0. The zero-order valence-corrected chi connectivity index (χ0v) is 39.4. The number of carbonyl (C=O) groups is 1. The number of benzene rings is 2. The minimum atomic E-state index is -0.946. The Hall–Kier alpha value is -6.03. The number of fused-ring (bicyclic) bond motifs is 1. The lowest BCUT2D eigenvalue weighted by Crippen LogP contribution is -2.65. The van der Waals surface area contributed by atoms with Crippen LogP contribution in [-0.4, -0.2) is 117 Å². The van der Waals surface area contributed by atoms with Crippen LogP contribution in [0.1, 0.15) is 75.8 Å². The number of nitrogens with zero attached hydrogens (tertiary/aromatic N) is 8. The second-order valence-electron chi connectivity index (χ2n) is 20.4. The minimum absolute atomic E-state index is 0.00617. The van der Waals surface area contributed by atoms with Gasteiger partial charge >= 0.3 is 12.1 Å². The van der Waals surface area contributed by atoms with Crippen LogP contribution in [0.5, 0.6) is 23.4 Å². The molecule has 7 atom stereocenters. The lowest BCUT2D eigenvalue weighted by molar-refractivity contribution is 0.00549. The van der Waals surface area contributed by atoms with E-state index in [9.17, 15) is 9.18 Å². The molecule has 6 aliphatic heterocycles. The Kier molecular flexibility index (Phi) is 10.3. The Morgan fingerprint density at radius 2 is 1.64 bits per heavy atom. The van der Waals surface area contributed by atoms with E-state index in [4.69, 9.17) is 43.6 Å². The number of halogens is 2. The van der Waals surface area contributed by atoms with Crippen LogP contribution in [0.3, 0.4) is 0 Å². The average molecular weight is 917 g/mol. The third-order valence-corrected chi connectivity index (χ3v) is 15.2. The van der Waals surface area contributed by atoms with Crippen molar-refractivity contribution >= 4 is 28.6 Å². The first kappa shape index (κ1) is 43.5. The predicted molar refractivity (Wildman–Crippen MR) is 248 cm³/mol. The molecule has 0 N–H and O–H groups in total. The molecule has 12 rings (SSSR count). The molecule has 0 radical (unpaired) electrons. The van der Waals surface area contributed by atoms with Gasteiger partial charge in [0.25, 0.3) is 0 Å². The number of hydrogen-bond donors (Lipinski definition) is 0. The molecule has 67 heavy (non-hydrogen) atoms. The van der Waals surface area contributed by atoms with Gasteiger partial charge in [-0.25, -0.2) is 23.5 Å². The van der Waals surface area contributed by atoms with Gasteiger partial charge in [0.05, 0.1) is 31.8 Å². The first-order chi connectivity index (χ1) is 32.1. The molecule has 1 aliphatic carbocycles. The summed E-state index contributed by atoms with van der Waals surface area (Å²) in [4.78, 5) is 42.5. The summed E-state index contributed by atoms with van der Waals surface area (Å²) in [6.07, 6.45) is 1.09. The molecule has 16 heteroatoms. The quantitative estimate of drug-likeness (QED) is 0.126. The van der Waals surface area contributed by atoms with Crippen molar-refractivity contribution in [3.63, 3.8) is 0 Å². The number of aryl methyl sites for hydroxylation is 1. The first-order valence-corrected chi connectivity index (χ1v) is 23.5. The minimum Gasteiger partial charge on any atom is -0.497 e. The van der Waals surface area contributed by atoms with Gasteiger partial charge < -0.3 is 33.5 Å². The smallest absolute Gasteiger partial charge is 0.410 e. The largest absolute Gasteiger partial charge is 0.497 e. The van der Waals surface area contributed by atoms with Crippen molar-refractivity contribution in [1.82, 2.24) is 29.7 Å². The fraction of sp³-hybridized carbons (Fsp3) is 0.510. The van der Waals surface area contributed by atoms with E-state index in [1.807, 2.05) is 101 Å². The summed E-state index contributed by atoms with van der Waals surface area (Å²) < 4.78 is 63.4. The normalized spacial score (nSPS) is 26.7. The van der Waals surface area contributed by atoms with Gasteiger partial charge in [-0.15, -0.1) is 0 Å². The van der Waals surface area contributed by atoms with Gasteiger partial charge in [-0.3, -0.25) is 9.80 Å². The maximum absolute atomic E-state index is 18.0. The molecule has 1 saturated carbocycles. The molecule has 2 aromatic carbocycles. The van der Waals surface area contributed by atoms with Crippen LogP contribution < -0.4 is 28.7 Å². The molecule has 1 spiro atoms. The number of amides is 1. The highest BCUT2D eigenvalue weighted by Crippen LogP contribution is 2.68. The van der Waals surface area contributed by atoms with Crippen LogP contribution in [0.2, 0.25) is 0 Å². The molecule has 14 nitrogen and oxygen atoms in total. The highest BCUT2D eigenvalue weighted by atomic mass is 19.1. The number of anilines is 2. The van der Waals surface area contributed by atoms with Crippen LogP contribution in [-0.2, 0) is 17.8 Å². The summed E-state index contributed by atoms with van der Waals surface area (Å²) >= 11 is 0. The van der Waals surface area contributed by atoms with Crippen LogP contribution in [0.4, 0.5) is 25.2 Å². The molecule has 6 fully saturated rings. The van der Waals surface area contributed by atoms with E-state index in [1.54, 1.807) is 14.2 Å². The number of alkyl halides is 1. The number of piperazine rings is 1. The van der Waals surface area contributed by atoms with E-state index >= 15 is 4.39 Å². The number of methoxy groups -OCH3 is 2. The van der Waals surface area contributed by atoms with E-state index in [2.05, 4.69) is 14.7 Å². The molecule has 1 amide bonds. The molecular weight excluding hydrogens is 859 g/mol. The van der Waals surface area contributed by atoms with Gasteiger partial charge in [0.15, 0.2) is 5.82 Å².